The second-order valence-electron chi connectivity index (χ2n) is 8.75. The minimum atomic E-state index is -4.04. The minimum absolute atomic E-state index is 0.00453. The van der Waals surface area contributed by atoms with Crippen molar-refractivity contribution in [2.24, 2.45) is 0 Å². The Kier molecular flexibility index (Phi) is 7.93. The first-order valence-electron chi connectivity index (χ1n) is 11.6. The number of nitrogens with one attached hydrogen (secondary N) is 2. The zero-order chi connectivity index (χ0) is 28.2. The highest BCUT2D eigenvalue weighted by Gasteiger charge is 2.27. The Balaban J connectivity index is 1.49. The standard InChI is InChI=1S/C26H26N6O5S2/c1-18(20-6-4-8-22(14-20)30-26(33)21-7-5-13-27-15-21)29-25-17-28-16-24(31-25)19-9-11-23(12-10-19)32(38(2,34)35)39(3,36)37/h4-18H,1-3H3,(H,29,31)(H,30,33)/t18-/m0/s1. The van der Waals surface area contributed by atoms with E-state index in [0.29, 0.717) is 32.0 Å². The Morgan fingerprint density at radius 3 is 2.23 bits per heavy atom. The molecule has 2 N–H and O–H groups in total. The maximum Gasteiger partial charge on any atom is 0.257 e. The van der Waals surface area contributed by atoms with E-state index in [1.807, 2.05) is 25.1 Å². The molecule has 1 amide bonds. The predicted octanol–water partition coefficient (Wildman–Crippen LogP) is 3.69. The predicted molar refractivity (Wildman–Crippen MR) is 150 cm³/mol. The Morgan fingerprint density at radius 1 is 0.872 bits per heavy atom. The summed E-state index contributed by atoms with van der Waals surface area (Å²) in [6.45, 7) is 1.94. The number of anilines is 3. The molecular weight excluding hydrogens is 540 g/mol. The van der Waals surface area contributed by atoms with Crippen LogP contribution >= 0.6 is 0 Å². The van der Waals surface area contributed by atoms with Crippen LogP contribution < -0.4 is 14.3 Å². The normalized spacial score (nSPS) is 12.4. The van der Waals surface area contributed by atoms with Crippen LogP contribution in [0.5, 0.6) is 0 Å². The first kappa shape index (κ1) is 27.7. The number of benzene rings is 2. The lowest BCUT2D eigenvalue weighted by atomic mass is 10.1. The molecule has 2 heterocycles. The van der Waals surface area contributed by atoms with Gasteiger partial charge in [-0.1, -0.05) is 24.3 Å². The number of hydrogen-bond acceptors (Lipinski definition) is 9. The summed E-state index contributed by atoms with van der Waals surface area (Å²) in [5.74, 6) is 0.226. The molecule has 0 bridgehead atoms. The lowest BCUT2D eigenvalue weighted by molar-refractivity contribution is 0.102. The largest absolute Gasteiger partial charge is 0.362 e. The van der Waals surface area contributed by atoms with Crippen molar-refractivity contribution in [1.82, 2.24) is 15.0 Å². The third-order valence-corrected chi connectivity index (χ3v) is 8.79. The van der Waals surface area contributed by atoms with E-state index >= 15 is 0 Å². The third-order valence-electron chi connectivity index (χ3n) is 5.54. The molecule has 0 aliphatic heterocycles. The Labute approximate surface area is 227 Å². The smallest absolute Gasteiger partial charge is 0.257 e. The van der Waals surface area contributed by atoms with Crippen molar-refractivity contribution >= 4 is 43.1 Å². The summed E-state index contributed by atoms with van der Waals surface area (Å²) in [4.78, 5) is 25.3. The summed E-state index contributed by atoms with van der Waals surface area (Å²) in [6.07, 6.45) is 7.86. The van der Waals surface area contributed by atoms with Gasteiger partial charge in [0.1, 0.15) is 5.82 Å². The van der Waals surface area contributed by atoms with E-state index < -0.39 is 20.0 Å². The fourth-order valence-corrected chi connectivity index (χ4v) is 6.83. The van der Waals surface area contributed by atoms with Crippen LogP contribution in [0.1, 0.15) is 28.9 Å². The van der Waals surface area contributed by atoms with Gasteiger partial charge < -0.3 is 10.6 Å². The van der Waals surface area contributed by atoms with E-state index in [4.69, 9.17) is 0 Å². The molecule has 0 saturated carbocycles. The summed E-state index contributed by atoms with van der Waals surface area (Å²) < 4.78 is 48.5. The monoisotopic (exact) mass is 566 g/mol. The molecule has 0 unspecified atom stereocenters. The second-order valence-corrected chi connectivity index (χ2v) is 12.6. The summed E-state index contributed by atoms with van der Waals surface area (Å²) in [5.41, 5.74) is 3.10. The van der Waals surface area contributed by atoms with Gasteiger partial charge in [-0.15, -0.1) is 0 Å². The molecule has 2 aromatic heterocycles. The lowest BCUT2D eigenvalue weighted by Crippen LogP contribution is -2.35. The number of pyridine rings is 1. The number of sulfonamides is 2. The SMILES string of the molecule is C[C@H](Nc1cncc(-c2ccc(N(S(C)(=O)=O)S(C)(=O)=O)cc2)n1)c1cccc(NC(=O)c2cccnc2)c1. The maximum absolute atomic E-state index is 12.5. The Bertz CT molecular complexity index is 1660. The van der Waals surface area contributed by atoms with E-state index in [0.717, 1.165) is 18.1 Å². The van der Waals surface area contributed by atoms with Crippen LogP contribution in [0.15, 0.2) is 85.5 Å². The summed E-state index contributed by atoms with van der Waals surface area (Å²) in [7, 11) is -8.08. The zero-order valence-corrected chi connectivity index (χ0v) is 22.9. The molecule has 1 atom stereocenters. The molecule has 202 valence electrons. The third kappa shape index (κ3) is 6.94. The highest BCUT2D eigenvalue weighted by molar-refractivity contribution is 8.09. The average molecular weight is 567 g/mol. The van der Waals surface area contributed by atoms with Gasteiger partial charge in [-0.25, -0.2) is 21.8 Å². The number of aromatic nitrogens is 3. The number of rotatable bonds is 9. The summed E-state index contributed by atoms with van der Waals surface area (Å²) >= 11 is 0. The molecular formula is C26H26N6O5S2. The van der Waals surface area contributed by atoms with Crippen molar-refractivity contribution in [2.45, 2.75) is 13.0 Å². The number of nitrogens with zero attached hydrogens (tertiary/aromatic N) is 4. The molecule has 4 aromatic rings. The van der Waals surface area contributed by atoms with E-state index in [2.05, 4.69) is 25.6 Å². The molecule has 0 aliphatic rings. The van der Waals surface area contributed by atoms with Crippen LogP contribution in [-0.2, 0) is 20.0 Å². The molecule has 39 heavy (non-hydrogen) atoms. The molecule has 0 aliphatic carbocycles. The highest BCUT2D eigenvalue weighted by atomic mass is 32.3. The molecule has 13 heteroatoms. The molecule has 4 rings (SSSR count). The summed E-state index contributed by atoms with van der Waals surface area (Å²) in [5, 5.41) is 6.15. The van der Waals surface area contributed by atoms with Crippen LogP contribution in [0.4, 0.5) is 17.2 Å². The average Bonchev–Trinajstić information content (AvgIpc) is 2.88. The van der Waals surface area contributed by atoms with Crippen molar-refractivity contribution in [1.29, 1.82) is 0 Å². The summed E-state index contributed by atoms with van der Waals surface area (Å²) in [6, 6.07) is 16.5. The van der Waals surface area contributed by atoms with Crippen molar-refractivity contribution in [2.75, 3.05) is 26.9 Å². The van der Waals surface area contributed by atoms with Gasteiger partial charge in [-0.2, -0.15) is 3.71 Å². The fourth-order valence-electron chi connectivity index (χ4n) is 3.85. The maximum atomic E-state index is 12.5. The van der Waals surface area contributed by atoms with E-state index in [-0.39, 0.29) is 17.6 Å². The quantitative estimate of drug-likeness (QED) is 0.309. The van der Waals surface area contributed by atoms with Crippen LogP contribution in [0.2, 0.25) is 0 Å². The van der Waals surface area contributed by atoms with E-state index in [1.54, 1.807) is 48.9 Å². The molecule has 0 fully saturated rings. The number of amides is 1. The van der Waals surface area contributed by atoms with Crippen LogP contribution in [0, 0.1) is 0 Å². The Hall–Kier alpha value is -4.36. The topological polar surface area (TPSA) is 151 Å². The van der Waals surface area contributed by atoms with Crippen molar-refractivity contribution in [3.63, 3.8) is 0 Å². The van der Waals surface area contributed by atoms with Crippen LogP contribution in [0.3, 0.4) is 0 Å². The lowest BCUT2D eigenvalue weighted by Gasteiger charge is -2.20. The van der Waals surface area contributed by atoms with Crippen molar-refractivity contribution < 1.29 is 21.6 Å². The molecule has 2 aromatic carbocycles. The van der Waals surface area contributed by atoms with Gasteiger partial charge in [0.15, 0.2) is 0 Å². The molecule has 0 spiro atoms. The number of carbonyl (C=O) groups is 1. The first-order valence-corrected chi connectivity index (χ1v) is 15.3. The van der Waals surface area contributed by atoms with Crippen molar-refractivity contribution in [3.8, 4) is 11.3 Å². The van der Waals surface area contributed by atoms with Gasteiger partial charge in [-0.05, 0) is 48.9 Å². The van der Waals surface area contributed by atoms with E-state index in [1.165, 1.54) is 18.3 Å². The Morgan fingerprint density at radius 2 is 1.59 bits per heavy atom. The van der Waals surface area contributed by atoms with Crippen LogP contribution in [0.25, 0.3) is 11.3 Å². The van der Waals surface area contributed by atoms with Crippen molar-refractivity contribution in [3.05, 3.63) is 96.6 Å². The van der Waals surface area contributed by atoms with Gasteiger partial charge >= 0.3 is 0 Å². The molecule has 0 radical (unpaired) electrons. The van der Waals surface area contributed by atoms with Gasteiger partial charge in [-0.3, -0.25) is 14.8 Å². The van der Waals surface area contributed by atoms with Gasteiger partial charge in [0.2, 0.25) is 20.0 Å². The fraction of sp³-hybridized carbons (Fsp3) is 0.154. The second kappa shape index (κ2) is 11.2. The number of hydrogen-bond donors (Lipinski definition) is 2. The van der Waals surface area contributed by atoms with Gasteiger partial charge in [0, 0.05) is 23.6 Å². The van der Waals surface area contributed by atoms with E-state index in [9.17, 15) is 21.6 Å². The van der Waals surface area contributed by atoms with Gasteiger partial charge in [0.25, 0.3) is 5.91 Å². The first-order chi connectivity index (χ1) is 18.4. The molecule has 11 nitrogen and oxygen atoms in total. The molecule has 0 saturated heterocycles. The number of carbonyl (C=O) groups excluding carboxylic acids is 1. The van der Waals surface area contributed by atoms with Gasteiger partial charge in [0.05, 0.1) is 47.9 Å². The minimum Gasteiger partial charge on any atom is -0.362 e. The highest BCUT2D eigenvalue weighted by Crippen LogP contribution is 2.27. The zero-order valence-electron chi connectivity index (χ0n) is 21.3. The van der Waals surface area contributed by atoms with Crippen LogP contribution in [-0.4, -0.2) is 50.2 Å².